The van der Waals surface area contributed by atoms with Gasteiger partial charge in [-0.2, -0.15) is 0 Å². The van der Waals surface area contributed by atoms with Crippen molar-refractivity contribution in [3.63, 3.8) is 0 Å². The Kier molecular flexibility index (Phi) is 2.95. The minimum Gasteiger partial charge on any atom is -0.478 e. The van der Waals surface area contributed by atoms with Crippen LogP contribution in [0.2, 0.25) is 0 Å². The Hall–Kier alpha value is -1.94. The molecule has 0 saturated carbocycles. The van der Waals surface area contributed by atoms with Crippen LogP contribution in [0.4, 0.5) is 0 Å². The normalized spacial score (nSPS) is 18.1. The van der Waals surface area contributed by atoms with Crippen LogP contribution >= 0.6 is 11.3 Å². The second-order valence-corrected chi connectivity index (χ2v) is 5.51. The maximum Gasteiger partial charge on any atom is 0.336 e. The summed E-state index contributed by atoms with van der Waals surface area (Å²) in [7, 11) is 0. The number of carbonyl (C=O) groups is 2. The molecule has 3 rings (SSSR count). The van der Waals surface area contributed by atoms with Gasteiger partial charge in [-0.1, -0.05) is 30.3 Å². The highest BCUT2D eigenvalue weighted by atomic mass is 32.1. The van der Waals surface area contributed by atoms with Crippen LogP contribution in [0.1, 0.15) is 43.5 Å². The van der Waals surface area contributed by atoms with Gasteiger partial charge in [0.2, 0.25) is 0 Å². The summed E-state index contributed by atoms with van der Waals surface area (Å²) in [5, 5.41) is 10.7. The standard InChI is InChI=1S/C15H12O3S/c16-13-10(9-4-2-1-3-5-9)6-7-11-12(15(17)18)8-19-14(11)13/h1-5,8,10H,6-7H2,(H,17,18). The van der Waals surface area contributed by atoms with Crippen LogP contribution in [-0.4, -0.2) is 16.9 Å². The molecule has 0 radical (unpaired) electrons. The van der Waals surface area contributed by atoms with Gasteiger partial charge in [0.15, 0.2) is 5.78 Å². The number of benzene rings is 1. The number of fused-ring (bicyclic) bond motifs is 1. The lowest BCUT2D eigenvalue weighted by molar-refractivity contribution is 0.0696. The highest BCUT2D eigenvalue weighted by Gasteiger charge is 2.32. The minimum atomic E-state index is -0.941. The third-order valence-electron chi connectivity index (χ3n) is 3.55. The summed E-state index contributed by atoms with van der Waals surface area (Å²) in [6.45, 7) is 0. The first kappa shape index (κ1) is 12.1. The molecule has 0 spiro atoms. The maximum atomic E-state index is 12.5. The zero-order valence-corrected chi connectivity index (χ0v) is 10.9. The molecule has 4 heteroatoms. The largest absolute Gasteiger partial charge is 0.478 e. The Balaban J connectivity index is 2.00. The van der Waals surface area contributed by atoms with E-state index >= 15 is 0 Å². The van der Waals surface area contributed by atoms with Gasteiger partial charge in [0.05, 0.1) is 10.4 Å². The quantitative estimate of drug-likeness (QED) is 0.912. The SMILES string of the molecule is O=C(O)c1csc2c1CCC(c1ccccc1)C2=O. The van der Waals surface area contributed by atoms with E-state index < -0.39 is 5.97 Å². The van der Waals surface area contributed by atoms with E-state index in [-0.39, 0.29) is 11.7 Å². The number of carboxylic acids is 1. The van der Waals surface area contributed by atoms with Crippen molar-refractivity contribution in [1.82, 2.24) is 0 Å². The molecule has 0 amide bonds. The summed E-state index contributed by atoms with van der Waals surface area (Å²) in [5.74, 6) is -1.01. The molecule has 19 heavy (non-hydrogen) atoms. The molecule has 0 bridgehead atoms. The van der Waals surface area contributed by atoms with E-state index in [4.69, 9.17) is 5.11 Å². The molecule has 1 heterocycles. The fourth-order valence-corrected chi connectivity index (χ4v) is 3.69. The van der Waals surface area contributed by atoms with E-state index in [0.717, 1.165) is 11.1 Å². The molecule has 0 saturated heterocycles. The van der Waals surface area contributed by atoms with Crippen molar-refractivity contribution >= 4 is 23.1 Å². The van der Waals surface area contributed by atoms with Gasteiger partial charge >= 0.3 is 5.97 Å². The molecular formula is C15H12O3S. The molecule has 1 atom stereocenters. The summed E-state index contributed by atoms with van der Waals surface area (Å²) in [4.78, 5) is 24.2. The molecule has 2 aromatic rings. The molecule has 3 nitrogen and oxygen atoms in total. The van der Waals surface area contributed by atoms with Crippen LogP contribution in [0.3, 0.4) is 0 Å². The van der Waals surface area contributed by atoms with Gasteiger partial charge in [-0.3, -0.25) is 4.79 Å². The van der Waals surface area contributed by atoms with Crippen molar-refractivity contribution in [2.24, 2.45) is 0 Å². The van der Waals surface area contributed by atoms with Gasteiger partial charge in [0, 0.05) is 11.3 Å². The van der Waals surface area contributed by atoms with E-state index in [0.29, 0.717) is 23.3 Å². The summed E-state index contributed by atoms with van der Waals surface area (Å²) < 4.78 is 0. The zero-order valence-electron chi connectivity index (χ0n) is 10.1. The van der Waals surface area contributed by atoms with Gasteiger partial charge in [-0.25, -0.2) is 4.79 Å². The van der Waals surface area contributed by atoms with E-state index in [9.17, 15) is 9.59 Å². The summed E-state index contributed by atoms with van der Waals surface area (Å²) in [5.41, 5.74) is 2.03. The molecule has 1 aliphatic carbocycles. The average molecular weight is 272 g/mol. The number of rotatable bonds is 2. The first-order valence-corrected chi connectivity index (χ1v) is 6.99. The lowest BCUT2D eigenvalue weighted by Crippen LogP contribution is -2.20. The summed E-state index contributed by atoms with van der Waals surface area (Å²) >= 11 is 1.26. The van der Waals surface area contributed by atoms with Crippen LogP contribution in [0, 0.1) is 0 Å². The molecule has 1 unspecified atom stereocenters. The lowest BCUT2D eigenvalue weighted by Gasteiger charge is -2.21. The zero-order chi connectivity index (χ0) is 13.4. The smallest absolute Gasteiger partial charge is 0.336 e. The van der Waals surface area contributed by atoms with Crippen molar-refractivity contribution in [2.45, 2.75) is 18.8 Å². The predicted molar refractivity (Wildman–Crippen MR) is 73.1 cm³/mol. The van der Waals surface area contributed by atoms with E-state index in [1.165, 1.54) is 11.3 Å². The Morgan fingerprint density at radius 2 is 2.00 bits per heavy atom. The van der Waals surface area contributed by atoms with E-state index in [2.05, 4.69) is 0 Å². The Morgan fingerprint density at radius 1 is 1.26 bits per heavy atom. The Labute approximate surface area is 114 Å². The van der Waals surface area contributed by atoms with Gasteiger partial charge < -0.3 is 5.11 Å². The number of thiophene rings is 1. The Morgan fingerprint density at radius 3 is 2.68 bits per heavy atom. The van der Waals surface area contributed by atoms with E-state index in [1.807, 2.05) is 30.3 Å². The van der Waals surface area contributed by atoms with Crippen LogP contribution in [0.15, 0.2) is 35.7 Å². The first-order valence-electron chi connectivity index (χ1n) is 6.11. The van der Waals surface area contributed by atoms with Crippen molar-refractivity contribution in [3.8, 4) is 0 Å². The number of hydrogen-bond donors (Lipinski definition) is 1. The van der Waals surface area contributed by atoms with Crippen molar-refractivity contribution < 1.29 is 14.7 Å². The van der Waals surface area contributed by atoms with Crippen molar-refractivity contribution in [2.75, 3.05) is 0 Å². The number of carboxylic acid groups (broad SMARTS) is 1. The summed E-state index contributed by atoms with van der Waals surface area (Å²) in [6.07, 6.45) is 1.35. The minimum absolute atomic E-state index is 0.0601. The second kappa shape index (κ2) is 4.63. The van der Waals surface area contributed by atoms with Gasteiger partial charge in [-0.05, 0) is 24.0 Å². The molecule has 1 aromatic heterocycles. The number of Topliss-reactive ketones (excluding diaryl/α,β-unsaturated/α-hetero) is 1. The van der Waals surface area contributed by atoms with Crippen LogP contribution < -0.4 is 0 Å². The van der Waals surface area contributed by atoms with Gasteiger partial charge in [0.1, 0.15) is 0 Å². The topological polar surface area (TPSA) is 54.4 Å². The van der Waals surface area contributed by atoms with Crippen molar-refractivity contribution in [3.05, 3.63) is 57.3 Å². The molecule has 0 fully saturated rings. The molecule has 1 aliphatic rings. The lowest BCUT2D eigenvalue weighted by atomic mass is 9.82. The number of ketones is 1. The number of aromatic carboxylic acids is 1. The van der Waals surface area contributed by atoms with Crippen LogP contribution in [-0.2, 0) is 6.42 Å². The molecule has 0 aliphatic heterocycles. The third-order valence-corrected chi connectivity index (χ3v) is 4.59. The number of hydrogen-bond acceptors (Lipinski definition) is 3. The van der Waals surface area contributed by atoms with Gasteiger partial charge in [-0.15, -0.1) is 11.3 Å². The fraction of sp³-hybridized carbons (Fsp3) is 0.200. The van der Waals surface area contributed by atoms with Crippen LogP contribution in [0.25, 0.3) is 0 Å². The van der Waals surface area contributed by atoms with Crippen LogP contribution in [0.5, 0.6) is 0 Å². The molecule has 96 valence electrons. The maximum absolute atomic E-state index is 12.5. The predicted octanol–water partition coefficient (Wildman–Crippen LogP) is 3.36. The molecule has 1 aromatic carbocycles. The monoisotopic (exact) mass is 272 g/mol. The fourth-order valence-electron chi connectivity index (χ4n) is 2.60. The Bertz CT molecular complexity index is 643. The van der Waals surface area contributed by atoms with Crippen molar-refractivity contribution in [1.29, 1.82) is 0 Å². The summed E-state index contributed by atoms with van der Waals surface area (Å²) in [6, 6.07) is 9.69. The molecule has 1 N–H and O–H groups in total. The number of carbonyl (C=O) groups excluding carboxylic acids is 1. The highest BCUT2D eigenvalue weighted by Crippen LogP contribution is 2.37. The average Bonchev–Trinajstić information content (AvgIpc) is 2.85. The second-order valence-electron chi connectivity index (χ2n) is 4.63. The third kappa shape index (κ3) is 1.98. The first-order chi connectivity index (χ1) is 9.18. The molecular weight excluding hydrogens is 260 g/mol. The van der Waals surface area contributed by atoms with Gasteiger partial charge in [0.25, 0.3) is 0 Å². The van der Waals surface area contributed by atoms with E-state index in [1.54, 1.807) is 5.38 Å². The highest BCUT2D eigenvalue weighted by molar-refractivity contribution is 7.12.